The van der Waals surface area contributed by atoms with E-state index in [2.05, 4.69) is 10.1 Å². The third-order valence-electron chi connectivity index (χ3n) is 2.12. The predicted octanol–water partition coefficient (Wildman–Crippen LogP) is 2.55. The van der Waals surface area contributed by atoms with Gasteiger partial charge in [-0.1, -0.05) is 20.8 Å². The van der Waals surface area contributed by atoms with Gasteiger partial charge in [0.05, 0.1) is 6.61 Å². The number of hydrogen-bond acceptors (Lipinski definition) is 2. The summed E-state index contributed by atoms with van der Waals surface area (Å²) in [6.45, 7) is 7.87. The standard InChI is InChI=1S/C9H18F3NO/c1-7(8(2,3)4)13-5-6-14-9(10,11)12/h7,13H,5-6H2,1-4H3. The molecule has 0 amide bonds. The Balaban J connectivity index is 3.56. The molecule has 0 bridgehead atoms. The van der Waals surface area contributed by atoms with Crippen LogP contribution in [0.25, 0.3) is 0 Å². The van der Waals surface area contributed by atoms with Gasteiger partial charge in [0.25, 0.3) is 0 Å². The number of halogens is 3. The second-order valence-corrected chi connectivity index (χ2v) is 4.34. The molecule has 0 aromatic heterocycles. The fourth-order valence-corrected chi connectivity index (χ4v) is 0.748. The Hall–Kier alpha value is -0.290. The van der Waals surface area contributed by atoms with Crippen LogP contribution < -0.4 is 5.32 Å². The van der Waals surface area contributed by atoms with Crippen LogP contribution in [-0.4, -0.2) is 25.6 Å². The molecule has 0 saturated carbocycles. The first-order valence-electron chi connectivity index (χ1n) is 4.57. The maximum absolute atomic E-state index is 11.6. The quantitative estimate of drug-likeness (QED) is 0.724. The van der Waals surface area contributed by atoms with Gasteiger partial charge >= 0.3 is 6.36 Å². The Morgan fingerprint density at radius 2 is 1.71 bits per heavy atom. The molecule has 0 saturated heterocycles. The van der Waals surface area contributed by atoms with Gasteiger partial charge in [-0.15, -0.1) is 13.2 Å². The van der Waals surface area contributed by atoms with Gasteiger partial charge in [-0.25, -0.2) is 0 Å². The lowest BCUT2D eigenvalue weighted by Gasteiger charge is -2.28. The number of hydrogen-bond donors (Lipinski definition) is 1. The van der Waals surface area contributed by atoms with E-state index >= 15 is 0 Å². The summed E-state index contributed by atoms with van der Waals surface area (Å²) in [5.41, 5.74) is 0.0399. The maximum atomic E-state index is 11.6. The van der Waals surface area contributed by atoms with Crippen molar-refractivity contribution in [3.05, 3.63) is 0 Å². The Bertz CT molecular complexity index is 162. The molecule has 1 unspecified atom stereocenters. The minimum absolute atomic E-state index is 0.0399. The molecule has 1 atom stereocenters. The SMILES string of the molecule is CC(NCCOC(F)(F)F)C(C)(C)C. The Kier molecular flexibility index (Phi) is 4.88. The molecule has 0 aromatic carbocycles. The van der Waals surface area contributed by atoms with Crippen molar-refractivity contribution >= 4 is 0 Å². The summed E-state index contributed by atoms with van der Waals surface area (Å²) in [7, 11) is 0. The highest BCUT2D eigenvalue weighted by atomic mass is 19.4. The molecule has 1 N–H and O–H groups in total. The van der Waals surface area contributed by atoms with Crippen molar-refractivity contribution in [3.63, 3.8) is 0 Å². The molecule has 14 heavy (non-hydrogen) atoms. The average molecular weight is 213 g/mol. The summed E-state index contributed by atoms with van der Waals surface area (Å²) in [5.74, 6) is 0. The predicted molar refractivity (Wildman–Crippen MR) is 48.9 cm³/mol. The molecule has 0 fully saturated rings. The Labute approximate surface area is 82.8 Å². The van der Waals surface area contributed by atoms with Gasteiger partial charge in [0, 0.05) is 12.6 Å². The third kappa shape index (κ3) is 7.15. The summed E-state index contributed by atoms with van der Waals surface area (Å²) in [6.07, 6.45) is -4.52. The van der Waals surface area contributed by atoms with Crippen molar-refractivity contribution in [3.8, 4) is 0 Å². The van der Waals surface area contributed by atoms with Crippen molar-refractivity contribution in [1.29, 1.82) is 0 Å². The van der Waals surface area contributed by atoms with E-state index in [-0.39, 0.29) is 24.6 Å². The zero-order chi connectivity index (χ0) is 11.4. The van der Waals surface area contributed by atoms with Crippen molar-refractivity contribution in [2.75, 3.05) is 13.2 Å². The zero-order valence-electron chi connectivity index (χ0n) is 9.03. The van der Waals surface area contributed by atoms with Gasteiger partial charge in [-0.05, 0) is 12.3 Å². The lowest BCUT2D eigenvalue weighted by molar-refractivity contribution is -0.323. The fraction of sp³-hybridized carbons (Fsp3) is 1.00. The summed E-state index contributed by atoms with van der Waals surface area (Å²) in [5, 5.41) is 2.97. The molecule has 0 aliphatic rings. The monoisotopic (exact) mass is 213 g/mol. The van der Waals surface area contributed by atoms with E-state index in [0.29, 0.717) is 0 Å². The van der Waals surface area contributed by atoms with Gasteiger partial charge < -0.3 is 5.32 Å². The minimum atomic E-state index is -4.52. The number of rotatable bonds is 4. The van der Waals surface area contributed by atoms with Crippen LogP contribution in [-0.2, 0) is 4.74 Å². The van der Waals surface area contributed by atoms with Crippen LogP contribution in [0.5, 0.6) is 0 Å². The van der Waals surface area contributed by atoms with Crippen LogP contribution in [0, 0.1) is 5.41 Å². The van der Waals surface area contributed by atoms with E-state index in [1.54, 1.807) is 0 Å². The average Bonchev–Trinajstić information content (AvgIpc) is 1.93. The Morgan fingerprint density at radius 1 is 1.21 bits per heavy atom. The molecular formula is C9H18F3NO. The van der Waals surface area contributed by atoms with Crippen molar-refractivity contribution in [1.82, 2.24) is 5.32 Å². The highest BCUT2D eigenvalue weighted by Gasteiger charge is 2.28. The van der Waals surface area contributed by atoms with Crippen LogP contribution in [0.4, 0.5) is 13.2 Å². The van der Waals surface area contributed by atoms with Gasteiger partial charge in [-0.3, -0.25) is 4.74 Å². The number of alkyl halides is 3. The van der Waals surface area contributed by atoms with Crippen LogP contribution in [0.2, 0.25) is 0 Å². The van der Waals surface area contributed by atoms with E-state index < -0.39 is 6.36 Å². The van der Waals surface area contributed by atoms with Gasteiger partial charge in [0.15, 0.2) is 0 Å². The zero-order valence-corrected chi connectivity index (χ0v) is 9.03. The van der Waals surface area contributed by atoms with E-state index in [9.17, 15) is 13.2 Å². The summed E-state index contributed by atoms with van der Waals surface area (Å²) < 4.78 is 38.3. The van der Waals surface area contributed by atoms with Crippen molar-refractivity contribution in [2.24, 2.45) is 5.41 Å². The van der Waals surface area contributed by atoms with Crippen LogP contribution in [0.1, 0.15) is 27.7 Å². The first kappa shape index (κ1) is 13.7. The molecule has 0 rings (SSSR count). The van der Waals surface area contributed by atoms with Crippen molar-refractivity contribution < 1.29 is 17.9 Å². The molecule has 0 radical (unpaired) electrons. The molecule has 0 spiro atoms. The molecule has 0 aliphatic carbocycles. The molecule has 86 valence electrons. The molecule has 0 aromatic rings. The maximum Gasteiger partial charge on any atom is 0.522 e. The van der Waals surface area contributed by atoms with Gasteiger partial charge in [0.1, 0.15) is 0 Å². The van der Waals surface area contributed by atoms with Crippen LogP contribution >= 0.6 is 0 Å². The van der Waals surface area contributed by atoms with Gasteiger partial charge in [0.2, 0.25) is 0 Å². The normalized spacial score (nSPS) is 15.6. The summed E-state index contributed by atoms with van der Waals surface area (Å²) in [6, 6.07) is 0.152. The largest absolute Gasteiger partial charge is 0.522 e. The smallest absolute Gasteiger partial charge is 0.311 e. The molecule has 5 heteroatoms. The first-order valence-corrected chi connectivity index (χ1v) is 4.57. The minimum Gasteiger partial charge on any atom is -0.311 e. The number of ether oxygens (including phenoxy) is 1. The van der Waals surface area contributed by atoms with Crippen LogP contribution in [0.15, 0.2) is 0 Å². The van der Waals surface area contributed by atoms with E-state index in [0.717, 1.165) is 0 Å². The lowest BCUT2D eigenvalue weighted by Crippen LogP contribution is -2.39. The lowest BCUT2D eigenvalue weighted by atomic mass is 9.88. The Morgan fingerprint density at radius 3 is 2.07 bits per heavy atom. The van der Waals surface area contributed by atoms with E-state index in [1.807, 2.05) is 27.7 Å². The first-order chi connectivity index (χ1) is 6.13. The van der Waals surface area contributed by atoms with Crippen LogP contribution in [0.3, 0.4) is 0 Å². The summed E-state index contributed by atoms with van der Waals surface area (Å²) in [4.78, 5) is 0. The molecule has 2 nitrogen and oxygen atoms in total. The summed E-state index contributed by atoms with van der Waals surface area (Å²) >= 11 is 0. The van der Waals surface area contributed by atoms with E-state index in [1.165, 1.54) is 0 Å². The topological polar surface area (TPSA) is 21.3 Å². The molecule has 0 heterocycles. The second-order valence-electron chi connectivity index (χ2n) is 4.34. The van der Waals surface area contributed by atoms with Gasteiger partial charge in [-0.2, -0.15) is 0 Å². The molecule has 0 aliphatic heterocycles. The van der Waals surface area contributed by atoms with Crippen molar-refractivity contribution in [2.45, 2.75) is 40.1 Å². The molecular weight excluding hydrogens is 195 g/mol. The van der Waals surface area contributed by atoms with E-state index in [4.69, 9.17) is 0 Å². The highest BCUT2D eigenvalue weighted by Crippen LogP contribution is 2.18. The number of nitrogens with one attached hydrogen (secondary N) is 1. The second kappa shape index (κ2) is 4.98. The highest BCUT2D eigenvalue weighted by molar-refractivity contribution is 4.75. The third-order valence-corrected chi connectivity index (χ3v) is 2.12. The fourth-order valence-electron chi connectivity index (χ4n) is 0.748.